The van der Waals surface area contributed by atoms with Crippen LogP contribution >= 0.6 is 11.8 Å². The number of carbonyl (C=O) groups excluding carboxylic acids is 2. The summed E-state index contributed by atoms with van der Waals surface area (Å²) >= 11 is 1.42. The molecular weight excluding hydrogens is 386 g/mol. The summed E-state index contributed by atoms with van der Waals surface area (Å²) < 4.78 is 5.33. The average Bonchev–Trinajstić information content (AvgIpc) is 2.75. The van der Waals surface area contributed by atoms with Crippen molar-refractivity contribution in [3.8, 4) is 0 Å². The highest BCUT2D eigenvalue weighted by atomic mass is 32.2. The third-order valence-corrected chi connectivity index (χ3v) is 5.95. The van der Waals surface area contributed by atoms with Crippen LogP contribution in [0.25, 0.3) is 6.08 Å². The van der Waals surface area contributed by atoms with Crippen molar-refractivity contribution in [1.82, 2.24) is 10.2 Å². The van der Waals surface area contributed by atoms with Gasteiger partial charge in [-0.15, -0.1) is 0 Å². The van der Waals surface area contributed by atoms with Crippen LogP contribution in [0.15, 0.2) is 58.3 Å². The van der Waals surface area contributed by atoms with Gasteiger partial charge in [-0.3, -0.25) is 14.5 Å². The van der Waals surface area contributed by atoms with Gasteiger partial charge in [0.2, 0.25) is 0 Å². The summed E-state index contributed by atoms with van der Waals surface area (Å²) in [6, 6.07) is 15.2. The van der Waals surface area contributed by atoms with Crippen LogP contribution in [-0.2, 0) is 9.53 Å². The molecule has 1 saturated heterocycles. The quantitative estimate of drug-likeness (QED) is 0.743. The van der Waals surface area contributed by atoms with Crippen molar-refractivity contribution in [3.63, 3.8) is 0 Å². The van der Waals surface area contributed by atoms with Crippen LogP contribution in [-0.4, -0.2) is 56.1 Å². The molecule has 4 rings (SSSR count). The number of thioether (sulfide) groups is 1. The van der Waals surface area contributed by atoms with E-state index in [1.165, 1.54) is 11.8 Å². The highest BCUT2D eigenvalue weighted by Gasteiger charge is 2.22. The number of nitrogens with one attached hydrogen (secondary N) is 2. The highest BCUT2D eigenvalue weighted by Crippen LogP contribution is 2.39. The van der Waals surface area contributed by atoms with Crippen molar-refractivity contribution in [1.29, 1.82) is 0 Å². The summed E-state index contributed by atoms with van der Waals surface area (Å²) in [6.45, 7) is 4.68. The van der Waals surface area contributed by atoms with Crippen LogP contribution in [0.2, 0.25) is 0 Å². The number of fused-ring (bicyclic) bond motifs is 1. The number of carbonyl (C=O) groups is 2. The second-order valence-electron chi connectivity index (χ2n) is 6.90. The molecule has 0 atom stereocenters. The molecule has 2 N–H and O–H groups in total. The minimum absolute atomic E-state index is 0.133. The lowest BCUT2D eigenvalue weighted by Crippen LogP contribution is -2.41. The van der Waals surface area contributed by atoms with Crippen LogP contribution in [0.3, 0.4) is 0 Å². The van der Waals surface area contributed by atoms with Gasteiger partial charge >= 0.3 is 0 Å². The lowest BCUT2D eigenvalue weighted by Gasteiger charge is -2.26. The zero-order valence-electron chi connectivity index (χ0n) is 16.0. The maximum absolute atomic E-state index is 12.5. The van der Waals surface area contributed by atoms with Gasteiger partial charge in [0.15, 0.2) is 0 Å². The number of anilines is 1. The number of amides is 2. The molecule has 2 amide bonds. The third kappa shape index (κ3) is 5.06. The number of rotatable bonds is 5. The van der Waals surface area contributed by atoms with Crippen molar-refractivity contribution in [2.24, 2.45) is 0 Å². The first-order valence-electron chi connectivity index (χ1n) is 9.67. The van der Waals surface area contributed by atoms with E-state index >= 15 is 0 Å². The van der Waals surface area contributed by atoms with Crippen molar-refractivity contribution >= 4 is 35.3 Å². The second kappa shape index (κ2) is 9.26. The number of ether oxygens (including phenoxy) is 1. The maximum Gasteiger partial charge on any atom is 0.262 e. The first-order chi connectivity index (χ1) is 14.2. The van der Waals surface area contributed by atoms with Crippen LogP contribution < -0.4 is 10.6 Å². The Morgan fingerprint density at radius 3 is 2.76 bits per heavy atom. The van der Waals surface area contributed by atoms with Gasteiger partial charge in [-0.25, -0.2) is 0 Å². The zero-order valence-corrected chi connectivity index (χ0v) is 16.8. The van der Waals surface area contributed by atoms with Gasteiger partial charge in [-0.2, -0.15) is 0 Å². The van der Waals surface area contributed by atoms with Gasteiger partial charge in [0.05, 0.1) is 23.8 Å². The molecule has 1 fully saturated rings. The van der Waals surface area contributed by atoms with Crippen LogP contribution in [0.5, 0.6) is 0 Å². The molecule has 0 bridgehead atoms. The predicted molar refractivity (Wildman–Crippen MR) is 115 cm³/mol. The molecule has 0 spiro atoms. The number of nitrogens with zero attached hydrogens (tertiary/aromatic N) is 1. The monoisotopic (exact) mass is 409 g/mol. The molecule has 0 saturated carbocycles. The van der Waals surface area contributed by atoms with Crippen molar-refractivity contribution in [2.75, 3.05) is 44.7 Å². The van der Waals surface area contributed by atoms with E-state index < -0.39 is 0 Å². The highest BCUT2D eigenvalue weighted by molar-refractivity contribution is 8.04. The van der Waals surface area contributed by atoms with Gasteiger partial charge in [0.25, 0.3) is 11.8 Å². The van der Waals surface area contributed by atoms with E-state index in [0.717, 1.165) is 43.3 Å². The Labute approximate surface area is 174 Å². The summed E-state index contributed by atoms with van der Waals surface area (Å²) in [4.78, 5) is 28.8. The molecule has 2 aliphatic heterocycles. The Morgan fingerprint density at radius 1 is 1.17 bits per heavy atom. The topological polar surface area (TPSA) is 70.7 Å². The Balaban J connectivity index is 1.39. The fraction of sp³-hybridized carbons (Fsp3) is 0.273. The lowest BCUT2D eigenvalue weighted by molar-refractivity contribution is -0.112. The van der Waals surface area contributed by atoms with E-state index in [0.29, 0.717) is 22.7 Å². The van der Waals surface area contributed by atoms with Crippen molar-refractivity contribution in [2.45, 2.75) is 4.90 Å². The van der Waals surface area contributed by atoms with Gasteiger partial charge < -0.3 is 15.4 Å². The minimum atomic E-state index is -0.156. The van der Waals surface area contributed by atoms with Crippen molar-refractivity contribution in [3.05, 3.63) is 64.6 Å². The molecule has 29 heavy (non-hydrogen) atoms. The zero-order chi connectivity index (χ0) is 20.1. The summed E-state index contributed by atoms with van der Waals surface area (Å²) in [5.41, 5.74) is 2.19. The average molecular weight is 410 g/mol. The maximum atomic E-state index is 12.5. The molecule has 2 heterocycles. The number of benzene rings is 2. The van der Waals surface area contributed by atoms with Gasteiger partial charge in [-0.05, 0) is 29.8 Å². The molecule has 0 aromatic heterocycles. The minimum Gasteiger partial charge on any atom is -0.379 e. The largest absolute Gasteiger partial charge is 0.379 e. The molecule has 0 aliphatic carbocycles. The normalized spacial score (nSPS) is 18.2. The van der Waals surface area contributed by atoms with E-state index in [4.69, 9.17) is 4.74 Å². The van der Waals surface area contributed by atoms with E-state index in [1.54, 1.807) is 12.1 Å². The molecule has 0 unspecified atom stereocenters. The van der Waals surface area contributed by atoms with Crippen molar-refractivity contribution < 1.29 is 14.3 Å². The first-order valence-corrected chi connectivity index (χ1v) is 10.5. The molecule has 0 radical (unpaired) electrons. The molecule has 2 aromatic rings. The van der Waals surface area contributed by atoms with Crippen LogP contribution in [0.4, 0.5) is 5.69 Å². The summed E-state index contributed by atoms with van der Waals surface area (Å²) in [7, 11) is 0. The molecule has 6 nitrogen and oxygen atoms in total. The molecule has 2 aromatic carbocycles. The number of hydrogen-bond donors (Lipinski definition) is 2. The second-order valence-corrected chi connectivity index (χ2v) is 7.98. The Kier molecular flexibility index (Phi) is 6.29. The lowest BCUT2D eigenvalue weighted by atomic mass is 10.1. The molecule has 2 aliphatic rings. The summed E-state index contributed by atoms with van der Waals surface area (Å²) in [6.07, 6.45) is 1.87. The molecule has 7 heteroatoms. The van der Waals surface area contributed by atoms with Gasteiger partial charge in [0.1, 0.15) is 0 Å². The summed E-state index contributed by atoms with van der Waals surface area (Å²) in [5, 5.41) is 5.86. The van der Waals surface area contributed by atoms with Gasteiger partial charge in [-0.1, -0.05) is 42.1 Å². The van der Waals surface area contributed by atoms with E-state index in [1.807, 2.05) is 42.5 Å². The predicted octanol–water partition coefficient (Wildman–Crippen LogP) is 2.83. The Morgan fingerprint density at radius 2 is 1.97 bits per heavy atom. The van der Waals surface area contributed by atoms with Crippen LogP contribution in [0.1, 0.15) is 15.9 Å². The Bertz CT molecular complexity index is 924. The fourth-order valence-electron chi connectivity index (χ4n) is 3.26. The standard InChI is InChI=1S/C22H23N3O3S/c26-21(23-8-9-25-10-12-28-13-11-25)17-6-7-19-18(15-17)24-22(27)20(29-19)14-16-4-2-1-3-5-16/h1-7,14-15H,8-13H2,(H,23,26)(H,24,27). The van der Waals surface area contributed by atoms with E-state index in [9.17, 15) is 9.59 Å². The fourth-order valence-corrected chi connectivity index (χ4v) is 4.19. The van der Waals surface area contributed by atoms with Crippen LogP contribution in [0, 0.1) is 0 Å². The number of morpholine rings is 1. The van der Waals surface area contributed by atoms with E-state index in [-0.39, 0.29) is 11.8 Å². The first kappa shape index (κ1) is 19.7. The van der Waals surface area contributed by atoms with E-state index in [2.05, 4.69) is 15.5 Å². The summed E-state index contributed by atoms with van der Waals surface area (Å²) in [5.74, 6) is -0.290. The Hall–Kier alpha value is -2.61. The molecular formula is C22H23N3O3S. The smallest absolute Gasteiger partial charge is 0.262 e. The number of hydrogen-bond acceptors (Lipinski definition) is 5. The third-order valence-electron chi connectivity index (χ3n) is 4.85. The van der Waals surface area contributed by atoms with Gasteiger partial charge in [0, 0.05) is 36.6 Å². The SMILES string of the molecule is O=C1Nc2cc(C(=O)NCCN3CCOCC3)ccc2SC1=Cc1ccccc1. The molecule has 150 valence electrons.